The van der Waals surface area contributed by atoms with Gasteiger partial charge in [0.15, 0.2) is 0 Å². The van der Waals surface area contributed by atoms with Crippen molar-refractivity contribution in [2.75, 3.05) is 13.7 Å². The van der Waals surface area contributed by atoms with Crippen molar-refractivity contribution in [1.29, 1.82) is 0 Å². The zero-order valence-corrected chi connectivity index (χ0v) is 13.3. The number of nitrogens with one attached hydrogen (secondary N) is 1. The Bertz CT molecular complexity index is 579. The molecule has 0 radical (unpaired) electrons. The summed E-state index contributed by atoms with van der Waals surface area (Å²) in [6.07, 6.45) is 2.45. The summed E-state index contributed by atoms with van der Waals surface area (Å²) in [5.74, 6) is 1.93. The Kier molecular flexibility index (Phi) is 5.33. The van der Waals surface area contributed by atoms with Gasteiger partial charge in [-0.1, -0.05) is 19.1 Å². The topological polar surface area (TPSA) is 52.0 Å². The van der Waals surface area contributed by atoms with E-state index in [1.165, 1.54) is 5.56 Å². The van der Waals surface area contributed by atoms with Crippen LogP contribution < -0.4 is 10.1 Å². The van der Waals surface area contributed by atoms with Crippen LogP contribution >= 0.6 is 0 Å². The number of hydrogen-bond donors (Lipinski definition) is 1. The fourth-order valence-electron chi connectivity index (χ4n) is 2.57. The molecule has 114 valence electrons. The Labute approximate surface area is 126 Å². The van der Waals surface area contributed by atoms with E-state index in [4.69, 9.17) is 4.74 Å². The molecule has 5 heteroatoms. The van der Waals surface area contributed by atoms with Crippen LogP contribution in [0.3, 0.4) is 0 Å². The van der Waals surface area contributed by atoms with Crippen LogP contribution in [0.5, 0.6) is 5.75 Å². The lowest BCUT2D eigenvalue weighted by molar-refractivity contribution is 0.411. The Hall–Kier alpha value is -1.88. The Morgan fingerprint density at radius 1 is 1.33 bits per heavy atom. The molecule has 2 rings (SSSR count). The van der Waals surface area contributed by atoms with E-state index in [0.29, 0.717) is 0 Å². The molecule has 0 spiro atoms. The van der Waals surface area contributed by atoms with Crippen molar-refractivity contribution in [3.63, 3.8) is 0 Å². The highest BCUT2D eigenvalue weighted by molar-refractivity contribution is 5.37. The van der Waals surface area contributed by atoms with Gasteiger partial charge < -0.3 is 10.1 Å². The number of methoxy groups -OCH3 is 1. The molecule has 0 fully saturated rings. The maximum atomic E-state index is 5.34. The molecule has 21 heavy (non-hydrogen) atoms. The summed E-state index contributed by atoms with van der Waals surface area (Å²) in [6, 6.07) is 6.55. The first-order valence-electron chi connectivity index (χ1n) is 7.44. The molecule has 0 amide bonds. The summed E-state index contributed by atoms with van der Waals surface area (Å²) in [7, 11) is 1.70. The Balaban J connectivity index is 2.24. The number of rotatable bonds is 7. The molecule has 0 aliphatic carbocycles. The lowest BCUT2D eigenvalue weighted by Crippen LogP contribution is -2.24. The molecule has 0 saturated carbocycles. The van der Waals surface area contributed by atoms with Crippen LogP contribution in [0.2, 0.25) is 0 Å². The van der Waals surface area contributed by atoms with Crippen LogP contribution in [-0.2, 0) is 13.0 Å². The second kappa shape index (κ2) is 7.22. The third-order valence-corrected chi connectivity index (χ3v) is 3.65. The van der Waals surface area contributed by atoms with Crippen molar-refractivity contribution in [3.8, 4) is 5.75 Å². The minimum absolute atomic E-state index is 0.231. The number of hydrogen-bond acceptors (Lipinski definition) is 4. The predicted molar refractivity (Wildman–Crippen MR) is 83.5 cm³/mol. The minimum Gasteiger partial charge on any atom is -0.496 e. The van der Waals surface area contributed by atoms with Gasteiger partial charge in [0, 0.05) is 19.0 Å². The summed E-state index contributed by atoms with van der Waals surface area (Å²) in [5.41, 5.74) is 2.40. The molecule has 5 nitrogen and oxygen atoms in total. The molecule has 0 saturated heterocycles. The van der Waals surface area contributed by atoms with E-state index in [2.05, 4.69) is 48.3 Å². The quantitative estimate of drug-likeness (QED) is 0.850. The smallest absolute Gasteiger partial charge is 0.138 e. The van der Waals surface area contributed by atoms with Gasteiger partial charge in [-0.3, -0.25) is 4.68 Å². The Morgan fingerprint density at radius 3 is 2.76 bits per heavy atom. The van der Waals surface area contributed by atoms with E-state index in [0.717, 1.165) is 36.6 Å². The zero-order valence-electron chi connectivity index (χ0n) is 13.3. The van der Waals surface area contributed by atoms with E-state index in [9.17, 15) is 0 Å². The fraction of sp³-hybridized carbons (Fsp3) is 0.500. The first-order chi connectivity index (χ1) is 10.2. The highest BCUT2D eigenvalue weighted by atomic mass is 16.5. The summed E-state index contributed by atoms with van der Waals surface area (Å²) < 4.78 is 7.28. The summed E-state index contributed by atoms with van der Waals surface area (Å²) in [4.78, 5) is 4.38. The first kappa shape index (κ1) is 15.5. The Morgan fingerprint density at radius 2 is 2.14 bits per heavy atom. The van der Waals surface area contributed by atoms with Gasteiger partial charge in [0.05, 0.1) is 7.11 Å². The molecule has 1 atom stereocenters. The van der Waals surface area contributed by atoms with Crippen molar-refractivity contribution in [2.45, 2.75) is 39.8 Å². The second-order valence-electron chi connectivity index (χ2n) is 5.04. The lowest BCUT2D eigenvalue weighted by atomic mass is 10.0. The van der Waals surface area contributed by atoms with E-state index in [1.54, 1.807) is 13.4 Å². The van der Waals surface area contributed by atoms with Gasteiger partial charge in [0.1, 0.15) is 17.9 Å². The zero-order chi connectivity index (χ0) is 15.2. The number of likely N-dealkylation sites (N-methyl/N-ethyl adjacent to an activating group) is 1. The normalized spacial score (nSPS) is 12.4. The van der Waals surface area contributed by atoms with E-state index < -0.39 is 0 Å². The van der Waals surface area contributed by atoms with Crippen molar-refractivity contribution in [3.05, 3.63) is 41.5 Å². The molecule has 0 aliphatic heterocycles. The second-order valence-corrected chi connectivity index (χ2v) is 5.04. The maximum absolute atomic E-state index is 5.34. The molecule has 1 heterocycles. The number of benzene rings is 1. The van der Waals surface area contributed by atoms with E-state index in [1.807, 2.05) is 10.7 Å². The highest BCUT2D eigenvalue weighted by Crippen LogP contribution is 2.24. The van der Waals surface area contributed by atoms with E-state index in [-0.39, 0.29) is 6.04 Å². The van der Waals surface area contributed by atoms with Crippen LogP contribution in [0.25, 0.3) is 0 Å². The third kappa shape index (κ3) is 3.61. The molecule has 1 unspecified atom stereocenters. The van der Waals surface area contributed by atoms with Gasteiger partial charge in [-0.05, 0) is 37.6 Å². The molecule has 0 bridgehead atoms. The summed E-state index contributed by atoms with van der Waals surface area (Å²) >= 11 is 0. The van der Waals surface area contributed by atoms with Gasteiger partial charge in [0.2, 0.25) is 0 Å². The standard InChI is InChI=1S/C16H24N4O/c1-5-17-14(10-16-18-11-19-20(16)6-2)13-7-8-15(21-4)12(3)9-13/h7-9,11,14,17H,5-6,10H2,1-4H3. The van der Waals surface area contributed by atoms with Crippen molar-refractivity contribution in [2.24, 2.45) is 0 Å². The monoisotopic (exact) mass is 288 g/mol. The average molecular weight is 288 g/mol. The lowest BCUT2D eigenvalue weighted by Gasteiger charge is -2.19. The van der Waals surface area contributed by atoms with Crippen LogP contribution in [-0.4, -0.2) is 28.4 Å². The van der Waals surface area contributed by atoms with Crippen molar-refractivity contribution >= 4 is 0 Å². The van der Waals surface area contributed by atoms with Gasteiger partial charge in [-0.2, -0.15) is 5.10 Å². The summed E-state index contributed by atoms with van der Waals surface area (Å²) in [5, 5.41) is 7.78. The fourth-order valence-corrected chi connectivity index (χ4v) is 2.57. The van der Waals surface area contributed by atoms with Gasteiger partial charge >= 0.3 is 0 Å². The van der Waals surface area contributed by atoms with Crippen LogP contribution in [0.15, 0.2) is 24.5 Å². The van der Waals surface area contributed by atoms with Crippen molar-refractivity contribution in [1.82, 2.24) is 20.1 Å². The SMILES string of the molecule is CCNC(Cc1ncnn1CC)c1ccc(OC)c(C)c1. The minimum atomic E-state index is 0.231. The third-order valence-electron chi connectivity index (χ3n) is 3.65. The number of aromatic nitrogens is 3. The number of nitrogens with zero attached hydrogens (tertiary/aromatic N) is 3. The largest absolute Gasteiger partial charge is 0.496 e. The molecule has 2 aromatic rings. The molecular weight excluding hydrogens is 264 g/mol. The van der Waals surface area contributed by atoms with Gasteiger partial charge in [0.25, 0.3) is 0 Å². The molecule has 1 N–H and O–H groups in total. The van der Waals surface area contributed by atoms with Crippen LogP contribution in [0.4, 0.5) is 0 Å². The first-order valence-corrected chi connectivity index (χ1v) is 7.44. The van der Waals surface area contributed by atoms with Crippen LogP contribution in [0, 0.1) is 6.92 Å². The highest BCUT2D eigenvalue weighted by Gasteiger charge is 2.15. The predicted octanol–water partition coefficient (Wildman–Crippen LogP) is 2.51. The van der Waals surface area contributed by atoms with Gasteiger partial charge in [-0.25, -0.2) is 4.98 Å². The maximum Gasteiger partial charge on any atom is 0.138 e. The average Bonchev–Trinajstić information content (AvgIpc) is 2.94. The van der Waals surface area contributed by atoms with Gasteiger partial charge in [-0.15, -0.1) is 0 Å². The number of ether oxygens (including phenoxy) is 1. The molecule has 0 aliphatic rings. The molecular formula is C16H24N4O. The molecule has 1 aromatic carbocycles. The van der Waals surface area contributed by atoms with E-state index >= 15 is 0 Å². The van der Waals surface area contributed by atoms with Crippen molar-refractivity contribution < 1.29 is 4.74 Å². The molecule has 1 aromatic heterocycles. The summed E-state index contributed by atoms with van der Waals surface area (Å²) in [6.45, 7) is 8.03. The number of aryl methyl sites for hydroxylation is 2. The van der Waals surface area contributed by atoms with Crippen LogP contribution in [0.1, 0.15) is 36.8 Å².